The SMILES string of the molecule is Cc1nc(Nc2cccc(Br)c2)cc(NC(C)CN)n1. The number of anilines is 3. The lowest BCUT2D eigenvalue weighted by Crippen LogP contribution is -2.25. The van der Waals surface area contributed by atoms with Crippen molar-refractivity contribution < 1.29 is 0 Å². The van der Waals surface area contributed by atoms with Crippen LogP contribution in [-0.2, 0) is 0 Å². The van der Waals surface area contributed by atoms with Gasteiger partial charge in [-0.15, -0.1) is 0 Å². The van der Waals surface area contributed by atoms with Crippen LogP contribution >= 0.6 is 15.9 Å². The summed E-state index contributed by atoms with van der Waals surface area (Å²) in [5.41, 5.74) is 6.58. The molecule has 6 heteroatoms. The Balaban J connectivity index is 2.19. The average Bonchev–Trinajstić information content (AvgIpc) is 2.37. The number of hydrogen-bond acceptors (Lipinski definition) is 5. The van der Waals surface area contributed by atoms with Crippen LogP contribution in [0.1, 0.15) is 12.7 Å². The van der Waals surface area contributed by atoms with Gasteiger partial charge in [0.1, 0.15) is 17.5 Å². The maximum atomic E-state index is 5.61. The maximum Gasteiger partial charge on any atom is 0.136 e. The average molecular weight is 336 g/mol. The highest BCUT2D eigenvalue weighted by Crippen LogP contribution is 2.21. The number of aryl methyl sites for hydroxylation is 1. The molecule has 20 heavy (non-hydrogen) atoms. The molecule has 106 valence electrons. The zero-order chi connectivity index (χ0) is 14.5. The fraction of sp³-hybridized carbons (Fsp3) is 0.286. The molecule has 2 rings (SSSR count). The van der Waals surface area contributed by atoms with Gasteiger partial charge in [-0.05, 0) is 32.0 Å². The standard InChI is InChI=1S/C14H18BrN5/c1-9(8-16)17-13-7-14(19-10(2)18-13)20-12-5-3-4-11(15)6-12/h3-7,9H,8,16H2,1-2H3,(H2,17,18,19,20). The first kappa shape index (κ1) is 14.7. The van der Waals surface area contributed by atoms with Crippen LogP contribution in [0.5, 0.6) is 0 Å². The first-order valence-electron chi connectivity index (χ1n) is 6.41. The van der Waals surface area contributed by atoms with Crippen LogP contribution in [0.3, 0.4) is 0 Å². The minimum Gasteiger partial charge on any atom is -0.366 e. The van der Waals surface area contributed by atoms with Crippen molar-refractivity contribution in [1.82, 2.24) is 9.97 Å². The molecule has 0 fully saturated rings. The van der Waals surface area contributed by atoms with Gasteiger partial charge in [0.25, 0.3) is 0 Å². The van der Waals surface area contributed by atoms with E-state index in [0.29, 0.717) is 12.4 Å². The minimum atomic E-state index is 0.169. The van der Waals surface area contributed by atoms with Crippen molar-refractivity contribution in [3.05, 3.63) is 40.6 Å². The van der Waals surface area contributed by atoms with Gasteiger partial charge in [-0.2, -0.15) is 0 Å². The van der Waals surface area contributed by atoms with Gasteiger partial charge in [-0.3, -0.25) is 0 Å². The van der Waals surface area contributed by atoms with Gasteiger partial charge in [0.2, 0.25) is 0 Å². The van der Waals surface area contributed by atoms with Gasteiger partial charge in [-0.25, -0.2) is 9.97 Å². The molecule has 1 aromatic heterocycles. The fourth-order valence-electron chi connectivity index (χ4n) is 1.73. The van der Waals surface area contributed by atoms with Crippen molar-refractivity contribution >= 4 is 33.3 Å². The number of rotatable bonds is 5. The highest BCUT2D eigenvalue weighted by molar-refractivity contribution is 9.10. The smallest absolute Gasteiger partial charge is 0.136 e. The maximum absolute atomic E-state index is 5.61. The van der Waals surface area contributed by atoms with Crippen molar-refractivity contribution in [3.63, 3.8) is 0 Å². The lowest BCUT2D eigenvalue weighted by Gasteiger charge is -2.14. The molecule has 0 amide bonds. The summed E-state index contributed by atoms with van der Waals surface area (Å²) in [5.74, 6) is 2.23. The van der Waals surface area contributed by atoms with Crippen LogP contribution in [0.15, 0.2) is 34.8 Å². The zero-order valence-corrected chi connectivity index (χ0v) is 13.1. The van der Waals surface area contributed by atoms with Crippen LogP contribution in [0.25, 0.3) is 0 Å². The molecular formula is C14H18BrN5. The van der Waals surface area contributed by atoms with Crippen LogP contribution in [0, 0.1) is 6.92 Å². The molecule has 0 saturated carbocycles. The van der Waals surface area contributed by atoms with E-state index in [1.807, 2.05) is 44.2 Å². The third kappa shape index (κ3) is 4.18. The topological polar surface area (TPSA) is 75.9 Å². The first-order valence-corrected chi connectivity index (χ1v) is 7.21. The molecule has 1 heterocycles. The summed E-state index contributed by atoms with van der Waals surface area (Å²) < 4.78 is 1.02. The summed E-state index contributed by atoms with van der Waals surface area (Å²) in [6.45, 7) is 4.43. The van der Waals surface area contributed by atoms with Gasteiger partial charge >= 0.3 is 0 Å². The van der Waals surface area contributed by atoms with E-state index in [1.54, 1.807) is 0 Å². The van der Waals surface area contributed by atoms with Gasteiger partial charge in [0.15, 0.2) is 0 Å². The molecule has 4 N–H and O–H groups in total. The van der Waals surface area contributed by atoms with Gasteiger partial charge < -0.3 is 16.4 Å². The molecule has 5 nitrogen and oxygen atoms in total. The summed E-state index contributed by atoms with van der Waals surface area (Å²) in [6.07, 6.45) is 0. The lowest BCUT2D eigenvalue weighted by molar-refractivity contribution is 0.795. The number of halogens is 1. The summed E-state index contributed by atoms with van der Waals surface area (Å²) in [5, 5.41) is 6.51. The predicted octanol–water partition coefficient (Wildman–Crippen LogP) is 3.05. The van der Waals surface area contributed by atoms with E-state index in [9.17, 15) is 0 Å². The Hall–Kier alpha value is -1.66. The second-order valence-corrected chi connectivity index (χ2v) is 5.52. The largest absolute Gasteiger partial charge is 0.366 e. The third-order valence-corrected chi connectivity index (χ3v) is 3.18. The summed E-state index contributed by atoms with van der Waals surface area (Å²) in [4.78, 5) is 8.74. The predicted molar refractivity (Wildman–Crippen MR) is 86.3 cm³/mol. The fourth-order valence-corrected chi connectivity index (χ4v) is 2.13. The van der Waals surface area contributed by atoms with Gasteiger partial charge in [-0.1, -0.05) is 22.0 Å². The molecule has 0 aliphatic heterocycles. The second kappa shape index (κ2) is 6.67. The third-order valence-electron chi connectivity index (χ3n) is 2.68. The monoisotopic (exact) mass is 335 g/mol. The molecule has 0 radical (unpaired) electrons. The quantitative estimate of drug-likeness (QED) is 0.782. The second-order valence-electron chi connectivity index (χ2n) is 4.60. The molecule has 0 spiro atoms. The van der Waals surface area contributed by atoms with Crippen LogP contribution in [0.4, 0.5) is 17.3 Å². The summed E-state index contributed by atoms with van der Waals surface area (Å²) >= 11 is 3.45. The number of nitrogens with two attached hydrogens (primary N) is 1. The van der Waals surface area contributed by atoms with Crippen LogP contribution in [-0.4, -0.2) is 22.6 Å². The molecule has 0 bridgehead atoms. The summed E-state index contributed by atoms with van der Waals surface area (Å²) in [7, 11) is 0. The molecule has 0 aliphatic rings. The van der Waals surface area contributed by atoms with E-state index in [0.717, 1.165) is 21.8 Å². The Morgan fingerprint density at radius 1 is 1.25 bits per heavy atom. The van der Waals surface area contributed by atoms with E-state index in [1.165, 1.54) is 0 Å². The Morgan fingerprint density at radius 3 is 2.70 bits per heavy atom. The van der Waals surface area contributed by atoms with E-state index < -0.39 is 0 Å². The van der Waals surface area contributed by atoms with E-state index >= 15 is 0 Å². The number of benzene rings is 1. The molecule has 1 unspecified atom stereocenters. The van der Waals surface area contributed by atoms with Crippen LogP contribution < -0.4 is 16.4 Å². The minimum absolute atomic E-state index is 0.169. The zero-order valence-electron chi connectivity index (χ0n) is 11.5. The highest BCUT2D eigenvalue weighted by Gasteiger charge is 2.05. The first-order chi connectivity index (χ1) is 9.56. The van der Waals surface area contributed by atoms with Crippen molar-refractivity contribution in [2.45, 2.75) is 19.9 Å². The molecule has 0 aliphatic carbocycles. The van der Waals surface area contributed by atoms with Crippen molar-refractivity contribution in [3.8, 4) is 0 Å². The lowest BCUT2D eigenvalue weighted by atomic mass is 10.3. The number of hydrogen-bond donors (Lipinski definition) is 3. The normalized spacial score (nSPS) is 12.0. The Bertz CT molecular complexity index is 588. The number of nitrogens with one attached hydrogen (secondary N) is 2. The molecule has 2 aromatic rings. The molecular weight excluding hydrogens is 318 g/mol. The van der Waals surface area contributed by atoms with E-state index in [4.69, 9.17) is 5.73 Å². The number of aromatic nitrogens is 2. The van der Waals surface area contributed by atoms with Crippen molar-refractivity contribution in [1.29, 1.82) is 0 Å². The van der Waals surface area contributed by atoms with Crippen LogP contribution in [0.2, 0.25) is 0 Å². The van der Waals surface area contributed by atoms with E-state index in [-0.39, 0.29) is 6.04 Å². The molecule has 1 atom stereocenters. The highest BCUT2D eigenvalue weighted by atomic mass is 79.9. The van der Waals surface area contributed by atoms with Crippen molar-refractivity contribution in [2.75, 3.05) is 17.2 Å². The Kier molecular flexibility index (Phi) is 4.92. The molecule has 0 saturated heterocycles. The summed E-state index contributed by atoms with van der Waals surface area (Å²) in [6, 6.07) is 9.97. The van der Waals surface area contributed by atoms with Crippen molar-refractivity contribution in [2.24, 2.45) is 5.73 Å². The Labute approximate surface area is 127 Å². The Morgan fingerprint density at radius 2 is 2.00 bits per heavy atom. The molecule has 1 aromatic carbocycles. The van der Waals surface area contributed by atoms with E-state index in [2.05, 4.69) is 36.5 Å². The number of nitrogens with zero attached hydrogens (tertiary/aromatic N) is 2. The van der Waals surface area contributed by atoms with Gasteiger partial charge in [0.05, 0.1) is 0 Å². The van der Waals surface area contributed by atoms with Gasteiger partial charge in [0, 0.05) is 28.8 Å².